The van der Waals surface area contributed by atoms with Gasteiger partial charge in [-0.2, -0.15) is 0 Å². The molecular weight excluding hydrogens is 234 g/mol. The van der Waals surface area contributed by atoms with Crippen LogP contribution in [0.15, 0.2) is 66.2 Å². The van der Waals surface area contributed by atoms with Crippen molar-refractivity contribution in [1.82, 2.24) is 0 Å². The molecule has 0 saturated carbocycles. The zero-order valence-corrected chi connectivity index (χ0v) is 10.6. The summed E-state index contributed by atoms with van der Waals surface area (Å²) in [6, 6.07) is 19.8. The van der Waals surface area contributed by atoms with Crippen LogP contribution in [-0.2, 0) is 4.79 Å². The van der Waals surface area contributed by atoms with Crippen molar-refractivity contribution in [3.05, 3.63) is 71.8 Å². The number of carbonyl (C=O) groups is 1. The zero-order valence-electron chi connectivity index (χ0n) is 10.6. The molecule has 2 nitrogen and oxygen atoms in total. The van der Waals surface area contributed by atoms with E-state index in [1.807, 2.05) is 71.6 Å². The maximum Gasteiger partial charge on any atom is 0.254 e. The lowest BCUT2D eigenvalue weighted by Crippen LogP contribution is -2.24. The molecule has 0 N–H and O–H groups in total. The molecule has 0 atom stereocenters. The minimum Gasteiger partial charge on any atom is -0.308 e. The van der Waals surface area contributed by atoms with Gasteiger partial charge in [0.2, 0.25) is 0 Å². The molecule has 19 heavy (non-hydrogen) atoms. The molecule has 1 saturated heterocycles. The van der Waals surface area contributed by atoms with Gasteiger partial charge in [0.25, 0.3) is 5.91 Å². The summed E-state index contributed by atoms with van der Waals surface area (Å²) in [6.45, 7) is 0.765. The lowest BCUT2D eigenvalue weighted by atomic mass is 10.1. The van der Waals surface area contributed by atoms with Gasteiger partial charge in [0, 0.05) is 17.8 Å². The van der Waals surface area contributed by atoms with E-state index in [2.05, 4.69) is 0 Å². The summed E-state index contributed by atoms with van der Waals surface area (Å²) in [5.41, 5.74) is 2.94. The van der Waals surface area contributed by atoms with E-state index in [0.29, 0.717) is 0 Å². The molecule has 0 radical (unpaired) electrons. The van der Waals surface area contributed by atoms with E-state index in [1.54, 1.807) is 0 Å². The number of hydrogen-bond donors (Lipinski definition) is 0. The summed E-state index contributed by atoms with van der Waals surface area (Å²) < 4.78 is 0. The minimum absolute atomic E-state index is 0.120. The van der Waals surface area contributed by atoms with Crippen molar-refractivity contribution in [3.8, 4) is 0 Å². The Kier molecular flexibility index (Phi) is 3.15. The van der Waals surface area contributed by atoms with Crippen LogP contribution in [0.4, 0.5) is 5.69 Å². The highest BCUT2D eigenvalue weighted by molar-refractivity contribution is 6.10. The van der Waals surface area contributed by atoms with E-state index in [0.717, 1.165) is 29.8 Å². The van der Waals surface area contributed by atoms with Crippen molar-refractivity contribution in [2.75, 3.05) is 11.4 Å². The Balaban J connectivity index is 1.85. The highest BCUT2D eigenvalue weighted by atomic mass is 16.2. The summed E-state index contributed by atoms with van der Waals surface area (Å²) in [5, 5.41) is 0. The number of carbonyl (C=O) groups excluding carboxylic acids is 1. The number of para-hydroxylation sites is 1. The fourth-order valence-corrected chi connectivity index (χ4v) is 2.35. The first kappa shape index (κ1) is 11.7. The van der Waals surface area contributed by atoms with Crippen LogP contribution in [0.1, 0.15) is 12.0 Å². The summed E-state index contributed by atoms with van der Waals surface area (Å²) in [5.74, 6) is 0.120. The zero-order chi connectivity index (χ0) is 13.1. The average Bonchev–Trinajstić information content (AvgIpc) is 2.82. The van der Waals surface area contributed by atoms with Crippen LogP contribution in [0, 0.1) is 0 Å². The van der Waals surface area contributed by atoms with Gasteiger partial charge in [-0.3, -0.25) is 4.79 Å². The molecule has 1 aliphatic rings. The molecule has 2 aromatic carbocycles. The summed E-state index contributed by atoms with van der Waals surface area (Å²) in [7, 11) is 0. The third-order valence-corrected chi connectivity index (χ3v) is 3.33. The number of benzene rings is 2. The second-order valence-electron chi connectivity index (χ2n) is 4.62. The lowest BCUT2D eigenvalue weighted by molar-refractivity contribution is -0.114. The van der Waals surface area contributed by atoms with E-state index in [4.69, 9.17) is 0 Å². The van der Waals surface area contributed by atoms with Crippen LogP contribution in [0.5, 0.6) is 0 Å². The Labute approximate surface area is 113 Å². The summed E-state index contributed by atoms with van der Waals surface area (Å²) >= 11 is 0. The molecule has 0 aromatic heterocycles. The second kappa shape index (κ2) is 5.11. The molecule has 0 aliphatic carbocycles. The van der Waals surface area contributed by atoms with Crippen LogP contribution in [0.25, 0.3) is 6.08 Å². The van der Waals surface area contributed by atoms with Gasteiger partial charge < -0.3 is 4.90 Å². The third-order valence-electron chi connectivity index (χ3n) is 3.33. The number of anilines is 1. The van der Waals surface area contributed by atoms with Gasteiger partial charge in [0.15, 0.2) is 0 Å². The maximum atomic E-state index is 12.4. The van der Waals surface area contributed by atoms with E-state index in [1.165, 1.54) is 0 Å². The standard InChI is InChI=1S/C17H15NO/c19-17-15(13-14-7-3-1-4-8-14)11-12-18(17)16-9-5-2-6-10-16/h1-10,13H,11-12H2. The van der Waals surface area contributed by atoms with Crippen LogP contribution in [0.2, 0.25) is 0 Å². The quantitative estimate of drug-likeness (QED) is 0.746. The molecule has 0 bridgehead atoms. The Hall–Kier alpha value is -2.35. The van der Waals surface area contributed by atoms with Crippen molar-refractivity contribution in [1.29, 1.82) is 0 Å². The molecular formula is C17H15NO. The molecule has 94 valence electrons. The van der Waals surface area contributed by atoms with Gasteiger partial charge in [-0.25, -0.2) is 0 Å². The van der Waals surface area contributed by atoms with Crippen molar-refractivity contribution in [2.24, 2.45) is 0 Å². The van der Waals surface area contributed by atoms with Gasteiger partial charge in [0.05, 0.1) is 0 Å². The SMILES string of the molecule is O=C1C(=Cc2ccccc2)CCN1c1ccccc1. The van der Waals surface area contributed by atoms with Crippen molar-refractivity contribution < 1.29 is 4.79 Å². The fourth-order valence-electron chi connectivity index (χ4n) is 2.35. The molecule has 1 amide bonds. The highest BCUT2D eigenvalue weighted by Gasteiger charge is 2.26. The van der Waals surface area contributed by atoms with E-state index < -0.39 is 0 Å². The fraction of sp³-hybridized carbons (Fsp3) is 0.118. The van der Waals surface area contributed by atoms with Crippen LogP contribution >= 0.6 is 0 Å². The predicted molar refractivity (Wildman–Crippen MR) is 77.8 cm³/mol. The van der Waals surface area contributed by atoms with Gasteiger partial charge in [-0.05, 0) is 30.2 Å². The van der Waals surface area contributed by atoms with Crippen LogP contribution in [0.3, 0.4) is 0 Å². The number of nitrogens with zero attached hydrogens (tertiary/aromatic N) is 1. The van der Waals surface area contributed by atoms with Gasteiger partial charge in [-0.1, -0.05) is 48.5 Å². The smallest absolute Gasteiger partial charge is 0.254 e. The monoisotopic (exact) mass is 249 g/mol. The van der Waals surface area contributed by atoms with Crippen LogP contribution in [-0.4, -0.2) is 12.5 Å². The molecule has 2 heteroatoms. The molecule has 0 unspecified atom stereocenters. The first-order valence-electron chi connectivity index (χ1n) is 6.47. The first-order valence-corrected chi connectivity index (χ1v) is 6.47. The molecule has 1 aliphatic heterocycles. The van der Waals surface area contributed by atoms with E-state index >= 15 is 0 Å². The van der Waals surface area contributed by atoms with Crippen molar-refractivity contribution >= 4 is 17.7 Å². The number of amides is 1. The molecule has 1 heterocycles. The maximum absolute atomic E-state index is 12.4. The normalized spacial score (nSPS) is 17.2. The van der Waals surface area contributed by atoms with E-state index in [9.17, 15) is 4.79 Å². The highest BCUT2D eigenvalue weighted by Crippen LogP contribution is 2.25. The summed E-state index contributed by atoms with van der Waals surface area (Å²) in [4.78, 5) is 14.2. The molecule has 3 rings (SSSR count). The van der Waals surface area contributed by atoms with Gasteiger partial charge in [-0.15, -0.1) is 0 Å². The topological polar surface area (TPSA) is 20.3 Å². The Bertz CT molecular complexity index is 602. The minimum atomic E-state index is 0.120. The molecule has 0 spiro atoms. The number of rotatable bonds is 2. The van der Waals surface area contributed by atoms with Crippen molar-refractivity contribution in [3.63, 3.8) is 0 Å². The Morgan fingerprint density at radius 3 is 2.21 bits per heavy atom. The molecule has 1 fully saturated rings. The first-order chi connectivity index (χ1) is 9.34. The second-order valence-corrected chi connectivity index (χ2v) is 4.62. The van der Waals surface area contributed by atoms with Gasteiger partial charge >= 0.3 is 0 Å². The molecule has 2 aromatic rings. The predicted octanol–water partition coefficient (Wildman–Crippen LogP) is 3.51. The summed E-state index contributed by atoms with van der Waals surface area (Å²) in [6.07, 6.45) is 2.80. The largest absolute Gasteiger partial charge is 0.308 e. The van der Waals surface area contributed by atoms with Crippen molar-refractivity contribution in [2.45, 2.75) is 6.42 Å². The lowest BCUT2D eigenvalue weighted by Gasteiger charge is -2.14. The number of hydrogen-bond acceptors (Lipinski definition) is 1. The van der Waals surface area contributed by atoms with Gasteiger partial charge in [0.1, 0.15) is 0 Å². The Morgan fingerprint density at radius 2 is 1.53 bits per heavy atom. The average molecular weight is 249 g/mol. The Morgan fingerprint density at radius 1 is 0.895 bits per heavy atom. The van der Waals surface area contributed by atoms with Crippen LogP contribution < -0.4 is 4.90 Å². The third kappa shape index (κ3) is 2.43. The van der Waals surface area contributed by atoms with E-state index in [-0.39, 0.29) is 5.91 Å².